The van der Waals surface area contributed by atoms with Crippen LogP contribution in [0.25, 0.3) is 0 Å². The minimum absolute atomic E-state index is 0.117. The van der Waals surface area contributed by atoms with Crippen molar-refractivity contribution in [2.75, 3.05) is 6.54 Å². The standard InChI is InChI=1S/C13H22N2O4S2/c1-10(2)13(3,4)9-15-21(18,19)12-7-5-6-11(8-12)20(14,16)17/h5-8,10,15H,9H2,1-4H3,(H2,14,16,17). The third-order valence-corrected chi connectivity index (χ3v) is 6.04. The fourth-order valence-electron chi connectivity index (χ4n) is 1.39. The third kappa shape index (κ3) is 4.77. The van der Waals surface area contributed by atoms with E-state index in [0.717, 1.165) is 6.07 Å². The maximum atomic E-state index is 12.2. The molecule has 0 spiro atoms. The quantitative estimate of drug-likeness (QED) is 0.817. The van der Waals surface area contributed by atoms with Crippen molar-refractivity contribution in [2.45, 2.75) is 37.5 Å². The Bertz CT molecular complexity index is 707. The first-order chi connectivity index (χ1) is 9.36. The number of sulfonamides is 2. The van der Waals surface area contributed by atoms with E-state index in [9.17, 15) is 16.8 Å². The van der Waals surface area contributed by atoms with Crippen LogP contribution >= 0.6 is 0 Å². The van der Waals surface area contributed by atoms with Crippen LogP contribution in [0.5, 0.6) is 0 Å². The second-order valence-electron chi connectivity index (χ2n) is 5.99. The van der Waals surface area contributed by atoms with E-state index in [1.54, 1.807) is 0 Å². The molecule has 8 heteroatoms. The van der Waals surface area contributed by atoms with E-state index in [1.807, 2.05) is 27.7 Å². The summed E-state index contributed by atoms with van der Waals surface area (Å²) in [6, 6.07) is 4.99. The van der Waals surface area contributed by atoms with Gasteiger partial charge in [-0.05, 0) is 29.5 Å². The minimum atomic E-state index is -3.93. The maximum absolute atomic E-state index is 12.2. The molecule has 0 bridgehead atoms. The van der Waals surface area contributed by atoms with E-state index in [1.165, 1.54) is 18.2 Å². The lowest BCUT2D eigenvalue weighted by atomic mass is 9.81. The molecule has 0 fully saturated rings. The summed E-state index contributed by atoms with van der Waals surface area (Å²) in [6.07, 6.45) is 0. The first-order valence-corrected chi connectivity index (χ1v) is 9.52. The molecule has 6 nitrogen and oxygen atoms in total. The van der Waals surface area contributed by atoms with Gasteiger partial charge in [0.25, 0.3) is 0 Å². The fourth-order valence-corrected chi connectivity index (χ4v) is 3.29. The van der Waals surface area contributed by atoms with Gasteiger partial charge >= 0.3 is 0 Å². The Hall–Kier alpha value is -0.960. The molecule has 0 atom stereocenters. The summed E-state index contributed by atoms with van der Waals surface area (Å²) in [7, 11) is -7.71. The third-order valence-electron chi connectivity index (χ3n) is 3.73. The Morgan fingerprint density at radius 3 is 2.14 bits per heavy atom. The smallest absolute Gasteiger partial charge is 0.225 e. The van der Waals surface area contributed by atoms with Crippen molar-refractivity contribution in [3.63, 3.8) is 0 Å². The number of nitrogens with two attached hydrogens (primary N) is 1. The van der Waals surface area contributed by atoms with Crippen LogP contribution in [-0.4, -0.2) is 23.4 Å². The van der Waals surface area contributed by atoms with E-state index in [4.69, 9.17) is 5.14 Å². The number of rotatable bonds is 6. The molecule has 3 N–H and O–H groups in total. The lowest BCUT2D eigenvalue weighted by Crippen LogP contribution is -2.37. The van der Waals surface area contributed by atoms with Crippen LogP contribution in [-0.2, 0) is 20.0 Å². The first kappa shape index (κ1) is 18.1. The van der Waals surface area contributed by atoms with Crippen LogP contribution in [0.1, 0.15) is 27.7 Å². The zero-order chi connectivity index (χ0) is 16.5. The van der Waals surface area contributed by atoms with E-state index >= 15 is 0 Å². The van der Waals surface area contributed by atoms with Crippen molar-refractivity contribution < 1.29 is 16.8 Å². The SMILES string of the molecule is CC(C)C(C)(C)CNS(=O)(=O)c1cccc(S(N)(=O)=O)c1. The number of benzene rings is 1. The Morgan fingerprint density at radius 1 is 1.14 bits per heavy atom. The molecular formula is C13H22N2O4S2. The minimum Gasteiger partial charge on any atom is -0.225 e. The van der Waals surface area contributed by atoms with Crippen molar-refractivity contribution >= 4 is 20.0 Å². The van der Waals surface area contributed by atoms with Crippen LogP contribution < -0.4 is 9.86 Å². The van der Waals surface area contributed by atoms with Gasteiger partial charge < -0.3 is 0 Å². The van der Waals surface area contributed by atoms with Crippen molar-refractivity contribution in [3.05, 3.63) is 24.3 Å². The highest BCUT2D eigenvalue weighted by Crippen LogP contribution is 2.25. The van der Waals surface area contributed by atoms with Gasteiger partial charge in [-0.3, -0.25) is 0 Å². The highest BCUT2D eigenvalue weighted by atomic mass is 32.2. The maximum Gasteiger partial charge on any atom is 0.240 e. The Kier molecular flexibility index (Phi) is 5.20. The largest absolute Gasteiger partial charge is 0.240 e. The number of primary sulfonamides is 1. The molecule has 0 aliphatic heterocycles. The lowest BCUT2D eigenvalue weighted by molar-refractivity contribution is 0.252. The highest BCUT2D eigenvalue weighted by molar-refractivity contribution is 7.90. The summed E-state index contributed by atoms with van der Waals surface area (Å²) in [5, 5.41) is 5.01. The normalized spacial score (nSPS) is 13.6. The monoisotopic (exact) mass is 334 g/mol. The van der Waals surface area contributed by atoms with Gasteiger partial charge in [0.2, 0.25) is 20.0 Å². The topological polar surface area (TPSA) is 106 Å². The second-order valence-corrected chi connectivity index (χ2v) is 9.32. The molecule has 0 unspecified atom stereocenters. The Balaban J connectivity index is 3.05. The van der Waals surface area contributed by atoms with Crippen LogP contribution in [0.2, 0.25) is 0 Å². The summed E-state index contributed by atoms with van der Waals surface area (Å²) in [5.41, 5.74) is -0.218. The number of nitrogens with one attached hydrogen (secondary N) is 1. The number of hydrogen-bond donors (Lipinski definition) is 2. The Labute approximate surface area is 126 Å². The van der Waals surface area contributed by atoms with Gasteiger partial charge in [-0.1, -0.05) is 33.8 Å². The number of hydrogen-bond acceptors (Lipinski definition) is 4. The fraction of sp³-hybridized carbons (Fsp3) is 0.538. The molecule has 0 radical (unpaired) electrons. The summed E-state index contributed by atoms with van der Waals surface area (Å²) < 4.78 is 49.5. The van der Waals surface area contributed by atoms with E-state index < -0.39 is 20.0 Å². The molecule has 120 valence electrons. The zero-order valence-electron chi connectivity index (χ0n) is 12.6. The summed E-state index contributed by atoms with van der Waals surface area (Å²) in [4.78, 5) is -0.345. The molecule has 0 aromatic heterocycles. The molecule has 0 amide bonds. The van der Waals surface area contributed by atoms with Gasteiger partial charge in [0.05, 0.1) is 9.79 Å². The molecule has 1 aromatic carbocycles. The van der Waals surface area contributed by atoms with Crippen molar-refractivity contribution in [1.29, 1.82) is 0 Å². The van der Waals surface area contributed by atoms with Gasteiger partial charge in [-0.15, -0.1) is 0 Å². The average Bonchev–Trinajstić information content (AvgIpc) is 2.36. The lowest BCUT2D eigenvalue weighted by Gasteiger charge is -2.29. The van der Waals surface area contributed by atoms with Gasteiger partial charge in [0.15, 0.2) is 0 Å². The van der Waals surface area contributed by atoms with E-state index in [0.29, 0.717) is 0 Å². The van der Waals surface area contributed by atoms with Gasteiger partial charge in [-0.25, -0.2) is 26.7 Å². The molecule has 0 saturated carbocycles. The molecule has 0 heterocycles. The molecule has 21 heavy (non-hydrogen) atoms. The predicted molar refractivity (Wildman–Crippen MR) is 81.6 cm³/mol. The molecule has 0 aliphatic rings. The highest BCUT2D eigenvalue weighted by Gasteiger charge is 2.25. The summed E-state index contributed by atoms with van der Waals surface area (Å²) >= 11 is 0. The summed E-state index contributed by atoms with van der Waals surface area (Å²) in [6.45, 7) is 8.19. The van der Waals surface area contributed by atoms with Crippen LogP contribution in [0.3, 0.4) is 0 Å². The van der Waals surface area contributed by atoms with Gasteiger partial charge in [-0.2, -0.15) is 0 Å². The second kappa shape index (κ2) is 6.04. The molecule has 0 saturated heterocycles. The Morgan fingerprint density at radius 2 is 1.67 bits per heavy atom. The molecule has 1 aromatic rings. The zero-order valence-corrected chi connectivity index (χ0v) is 14.3. The van der Waals surface area contributed by atoms with E-state index in [-0.39, 0.29) is 27.7 Å². The summed E-state index contributed by atoms with van der Waals surface area (Å²) in [5.74, 6) is 0.288. The van der Waals surface area contributed by atoms with Crippen LogP contribution in [0, 0.1) is 11.3 Å². The van der Waals surface area contributed by atoms with Gasteiger partial charge in [0, 0.05) is 6.54 Å². The average molecular weight is 334 g/mol. The van der Waals surface area contributed by atoms with Crippen LogP contribution in [0.15, 0.2) is 34.1 Å². The van der Waals surface area contributed by atoms with Gasteiger partial charge in [0.1, 0.15) is 0 Å². The van der Waals surface area contributed by atoms with Crippen LogP contribution in [0.4, 0.5) is 0 Å². The first-order valence-electron chi connectivity index (χ1n) is 6.49. The predicted octanol–water partition coefficient (Wildman–Crippen LogP) is 1.29. The van der Waals surface area contributed by atoms with Crippen molar-refractivity contribution in [1.82, 2.24) is 4.72 Å². The van der Waals surface area contributed by atoms with Crippen molar-refractivity contribution in [3.8, 4) is 0 Å². The molecular weight excluding hydrogens is 312 g/mol. The molecule has 1 rings (SSSR count). The molecule has 0 aliphatic carbocycles. The van der Waals surface area contributed by atoms with Crippen molar-refractivity contribution in [2.24, 2.45) is 16.5 Å². The van der Waals surface area contributed by atoms with E-state index in [2.05, 4.69) is 4.72 Å².